The number of hydrogen-bond donors (Lipinski definition) is 2. The van der Waals surface area contributed by atoms with Crippen molar-refractivity contribution >= 4 is 11.6 Å². The van der Waals surface area contributed by atoms with Crippen molar-refractivity contribution in [2.24, 2.45) is 0 Å². The Labute approximate surface area is 70.0 Å². The minimum Gasteiger partial charge on any atom is -0.316 e. The van der Waals surface area contributed by atoms with E-state index in [0.29, 0.717) is 11.7 Å². The van der Waals surface area contributed by atoms with Crippen molar-refractivity contribution in [3.8, 4) is 0 Å². The van der Waals surface area contributed by atoms with Crippen LogP contribution in [0.3, 0.4) is 0 Å². The molecule has 0 aromatic carbocycles. The highest BCUT2D eigenvalue weighted by atomic mass is 35.5. The Balaban J connectivity index is 2.86. The molecule has 1 aromatic rings. The molecule has 0 spiro atoms. The van der Waals surface area contributed by atoms with Gasteiger partial charge in [-0.3, -0.25) is 0 Å². The monoisotopic (exact) mass is 172 g/mol. The molecule has 1 aromatic heterocycles. The van der Waals surface area contributed by atoms with Crippen LogP contribution in [0.5, 0.6) is 0 Å². The fourth-order valence-electron chi connectivity index (χ4n) is 0.804. The van der Waals surface area contributed by atoms with Crippen LogP contribution in [-0.2, 0) is 6.54 Å². The zero-order chi connectivity index (χ0) is 8.27. The van der Waals surface area contributed by atoms with Crippen LogP contribution in [0.2, 0.25) is 5.15 Å². The summed E-state index contributed by atoms with van der Waals surface area (Å²) in [6.07, 6.45) is 1.62. The van der Waals surface area contributed by atoms with Crippen molar-refractivity contribution in [3.63, 3.8) is 0 Å². The van der Waals surface area contributed by atoms with Crippen LogP contribution in [0.15, 0.2) is 12.3 Å². The number of hydrogen-bond acceptors (Lipinski definition) is 3. The van der Waals surface area contributed by atoms with E-state index in [9.17, 15) is 0 Å². The molecule has 0 unspecified atom stereocenters. The van der Waals surface area contributed by atoms with Gasteiger partial charge in [0.05, 0.1) is 0 Å². The summed E-state index contributed by atoms with van der Waals surface area (Å²) in [5.41, 5.74) is 3.88. The van der Waals surface area contributed by atoms with E-state index in [0.717, 1.165) is 11.1 Å². The average molecular weight is 173 g/mol. The summed E-state index contributed by atoms with van der Waals surface area (Å²) in [6, 6.07) is 1.87. The molecular weight excluding hydrogens is 164 g/mol. The molecule has 0 atom stereocenters. The van der Waals surface area contributed by atoms with Crippen LogP contribution in [0.4, 0.5) is 0 Å². The van der Waals surface area contributed by atoms with Crippen LogP contribution in [0, 0.1) is 6.92 Å². The first-order valence-electron chi connectivity index (χ1n) is 3.22. The van der Waals surface area contributed by atoms with Crippen molar-refractivity contribution in [2.45, 2.75) is 13.5 Å². The maximum Gasteiger partial charge on any atom is 0.131 e. The molecular formula is C7H9ClN2O. The summed E-state index contributed by atoms with van der Waals surface area (Å²) < 4.78 is 0. The Hall–Kier alpha value is -0.640. The van der Waals surface area contributed by atoms with Crippen molar-refractivity contribution in [3.05, 3.63) is 28.5 Å². The molecule has 4 heteroatoms. The second-order valence-electron chi connectivity index (χ2n) is 2.29. The van der Waals surface area contributed by atoms with E-state index >= 15 is 0 Å². The molecule has 0 saturated heterocycles. The molecule has 2 N–H and O–H groups in total. The predicted molar refractivity (Wildman–Crippen MR) is 42.6 cm³/mol. The molecule has 3 nitrogen and oxygen atoms in total. The highest BCUT2D eigenvalue weighted by molar-refractivity contribution is 6.30. The third-order valence-corrected chi connectivity index (χ3v) is 1.75. The molecule has 1 rings (SSSR count). The number of nitrogens with one attached hydrogen (secondary N) is 1. The van der Waals surface area contributed by atoms with E-state index in [2.05, 4.69) is 4.98 Å². The summed E-state index contributed by atoms with van der Waals surface area (Å²) in [5.74, 6) is 0. The first-order valence-corrected chi connectivity index (χ1v) is 3.60. The third kappa shape index (κ3) is 2.15. The van der Waals surface area contributed by atoms with Gasteiger partial charge in [-0.2, -0.15) is 0 Å². The van der Waals surface area contributed by atoms with Gasteiger partial charge in [0.2, 0.25) is 0 Å². The lowest BCUT2D eigenvalue weighted by molar-refractivity contribution is 0.161. The van der Waals surface area contributed by atoms with Gasteiger partial charge in [-0.15, -0.1) is 0 Å². The van der Waals surface area contributed by atoms with E-state index in [4.69, 9.17) is 16.8 Å². The van der Waals surface area contributed by atoms with Crippen molar-refractivity contribution < 1.29 is 5.21 Å². The van der Waals surface area contributed by atoms with Crippen LogP contribution < -0.4 is 5.48 Å². The van der Waals surface area contributed by atoms with Crippen molar-refractivity contribution in [2.75, 3.05) is 0 Å². The number of rotatable bonds is 2. The zero-order valence-corrected chi connectivity index (χ0v) is 6.89. The second kappa shape index (κ2) is 3.67. The molecule has 0 radical (unpaired) electrons. The summed E-state index contributed by atoms with van der Waals surface area (Å²) in [6.45, 7) is 2.27. The zero-order valence-electron chi connectivity index (χ0n) is 6.13. The number of aromatic nitrogens is 1. The quantitative estimate of drug-likeness (QED) is 0.525. The standard InChI is InChI=1S/C7H9ClN2O/c1-5-2-6(4-10-11)3-9-7(5)8/h2-3,10-11H,4H2,1H3. The van der Waals surface area contributed by atoms with E-state index in [1.807, 2.05) is 18.5 Å². The summed E-state index contributed by atoms with van der Waals surface area (Å²) in [5, 5.41) is 8.88. The molecule has 0 fully saturated rings. The maximum absolute atomic E-state index is 8.37. The average Bonchev–Trinajstić information content (AvgIpc) is 1.98. The molecule has 60 valence electrons. The summed E-state index contributed by atoms with van der Waals surface area (Å²) in [7, 11) is 0. The number of aryl methyl sites for hydroxylation is 1. The topological polar surface area (TPSA) is 45.1 Å². The number of halogens is 1. The summed E-state index contributed by atoms with van der Waals surface area (Å²) >= 11 is 5.69. The largest absolute Gasteiger partial charge is 0.316 e. The van der Waals surface area contributed by atoms with Crippen molar-refractivity contribution in [1.29, 1.82) is 0 Å². The molecule has 1 heterocycles. The van der Waals surface area contributed by atoms with Gasteiger partial charge in [0.25, 0.3) is 0 Å². The molecule has 0 aliphatic rings. The smallest absolute Gasteiger partial charge is 0.131 e. The molecule has 0 amide bonds. The Morgan fingerprint density at radius 1 is 1.73 bits per heavy atom. The second-order valence-corrected chi connectivity index (χ2v) is 2.64. The number of nitrogens with zero attached hydrogens (tertiary/aromatic N) is 1. The minimum absolute atomic E-state index is 0.394. The number of hydroxylamine groups is 1. The van der Waals surface area contributed by atoms with Gasteiger partial charge >= 0.3 is 0 Å². The van der Waals surface area contributed by atoms with E-state index in [-0.39, 0.29) is 0 Å². The van der Waals surface area contributed by atoms with Crippen LogP contribution >= 0.6 is 11.6 Å². The summed E-state index contributed by atoms with van der Waals surface area (Å²) in [4.78, 5) is 3.91. The SMILES string of the molecule is Cc1cc(CNO)cnc1Cl. The lowest BCUT2D eigenvalue weighted by Crippen LogP contribution is -2.06. The maximum atomic E-state index is 8.37. The predicted octanol–water partition coefficient (Wildman–Crippen LogP) is 1.52. The van der Waals surface area contributed by atoms with Gasteiger partial charge < -0.3 is 5.21 Å². The highest BCUT2D eigenvalue weighted by Crippen LogP contribution is 2.12. The van der Waals surface area contributed by atoms with Gasteiger partial charge in [0, 0.05) is 12.7 Å². The minimum atomic E-state index is 0.394. The van der Waals surface area contributed by atoms with Crippen LogP contribution in [0.1, 0.15) is 11.1 Å². The number of pyridine rings is 1. The van der Waals surface area contributed by atoms with Crippen molar-refractivity contribution in [1.82, 2.24) is 10.5 Å². The fourth-order valence-corrected chi connectivity index (χ4v) is 0.908. The van der Waals surface area contributed by atoms with Crippen LogP contribution in [0.25, 0.3) is 0 Å². The van der Waals surface area contributed by atoms with E-state index < -0.39 is 0 Å². The molecule has 0 aliphatic carbocycles. The molecule has 0 bridgehead atoms. The Morgan fingerprint density at radius 3 is 3.00 bits per heavy atom. The van der Waals surface area contributed by atoms with Gasteiger partial charge in [0.15, 0.2) is 0 Å². The Bertz CT molecular complexity index is 252. The Morgan fingerprint density at radius 2 is 2.45 bits per heavy atom. The Kier molecular flexibility index (Phi) is 2.82. The molecule has 0 aliphatic heterocycles. The third-order valence-electron chi connectivity index (χ3n) is 1.35. The first-order chi connectivity index (χ1) is 5.24. The van der Waals surface area contributed by atoms with E-state index in [1.165, 1.54) is 0 Å². The molecule has 0 saturated carbocycles. The lowest BCUT2D eigenvalue weighted by atomic mass is 10.2. The lowest BCUT2D eigenvalue weighted by Gasteiger charge is -2.00. The van der Waals surface area contributed by atoms with E-state index in [1.54, 1.807) is 6.20 Å². The van der Waals surface area contributed by atoms with Gasteiger partial charge in [-0.1, -0.05) is 17.7 Å². The highest BCUT2D eigenvalue weighted by Gasteiger charge is 1.97. The molecule has 11 heavy (non-hydrogen) atoms. The van der Waals surface area contributed by atoms with Gasteiger partial charge in [0.1, 0.15) is 5.15 Å². The van der Waals surface area contributed by atoms with Gasteiger partial charge in [-0.25, -0.2) is 10.5 Å². The van der Waals surface area contributed by atoms with Gasteiger partial charge in [-0.05, 0) is 18.1 Å². The van der Waals surface area contributed by atoms with Crippen LogP contribution in [-0.4, -0.2) is 10.2 Å². The first kappa shape index (κ1) is 8.46. The normalized spacial score (nSPS) is 10.1. The fraction of sp³-hybridized carbons (Fsp3) is 0.286.